The maximum Gasteiger partial charge on any atom is 0.268 e. The first kappa shape index (κ1) is 24.2. The van der Waals surface area contributed by atoms with Crippen LogP contribution in [-0.4, -0.2) is 51.9 Å². The van der Waals surface area contributed by atoms with Crippen LogP contribution in [0.2, 0.25) is 0 Å². The molecule has 2 aromatic carbocycles. The third kappa shape index (κ3) is 5.12. The minimum atomic E-state index is -3.12. The molecule has 1 aromatic heterocycles. The van der Waals surface area contributed by atoms with Gasteiger partial charge in [0.1, 0.15) is 6.04 Å². The third-order valence-electron chi connectivity index (χ3n) is 6.05. The van der Waals surface area contributed by atoms with Crippen molar-refractivity contribution in [2.24, 2.45) is 0 Å². The maximum absolute atomic E-state index is 13.6. The quantitative estimate of drug-likeness (QED) is 0.583. The normalized spacial score (nSPS) is 17.3. The van der Waals surface area contributed by atoms with Crippen LogP contribution in [0.1, 0.15) is 36.2 Å². The Hall–Kier alpha value is -3.90. The van der Waals surface area contributed by atoms with E-state index in [0.717, 1.165) is 21.6 Å². The summed E-state index contributed by atoms with van der Waals surface area (Å²) < 4.78 is 27.3. The average molecular weight is 478 g/mol. The molecule has 1 atom stereocenters. The van der Waals surface area contributed by atoms with Crippen LogP contribution >= 0.6 is 0 Å². The number of nitrogens with one attached hydrogen (secondary N) is 1. The van der Waals surface area contributed by atoms with Crippen LogP contribution in [0.4, 0.5) is 8.78 Å². The van der Waals surface area contributed by atoms with Gasteiger partial charge in [0.2, 0.25) is 5.91 Å². The second-order valence-electron chi connectivity index (χ2n) is 9.14. The Morgan fingerprint density at radius 1 is 1.20 bits per heavy atom. The number of halogens is 2. The monoisotopic (exact) mass is 478 g/mol. The van der Waals surface area contributed by atoms with Crippen molar-refractivity contribution in [3.8, 4) is 17.2 Å². The highest BCUT2D eigenvalue weighted by molar-refractivity contribution is 6.07. The Kier molecular flexibility index (Phi) is 6.26. The summed E-state index contributed by atoms with van der Waals surface area (Å²) in [5.74, 6) is -4.42. The van der Waals surface area contributed by atoms with Gasteiger partial charge >= 0.3 is 0 Å². The van der Waals surface area contributed by atoms with Gasteiger partial charge in [0.05, 0.1) is 35.8 Å². The molecule has 2 N–H and O–H groups in total. The number of hydrogen-bond acceptors (Lipinski definition) is 5. The molecule has 9 heteroatoms. The zero-order valence-corrected chi connectivity index (χ0v) is 19.3. The highest BCUT2D eigenvalue weighted by Crippen LogP contribution is 2.32. The van der Waals surface area contributed by atoms with Gasteiger partial charge in [-0.25, -0.2) is 8.78 Å². The molecule has 3 aromatic rings. The van der Waals surface area contributed by atoms with E-state index in [-0.39, 0.29) is 5.56 Å². The first-order valence-corrected chi connectivity index (χ1v) is 11.1. The number of rotatable bonds is 5. The summed E-state index contributed by atoms with van der Waals surface area (Å²) in [6.07, 6.45) is 0.765. The molecule has 2 amide bonds. The summed E-state index contributed by atoms with van der Waals surface area (Å²) in [7, 11) is 0. The molecule has 0 aliphatic carbocycles. The summed E-state index contributed by atoms with van der Waals surface area (Å²) in [6.45, 7) is 2.06. The summed E-state index contributed by atoms with van der Waals surface area (Å²) >= 11 is 0. The topological polar surface area (TPSA) is 106 Å². The second-order valence-corrected chi connectivity index (χ2v) is 9.14. The van der Waals surface area contributed by atoms with Crippen molar-refractivity contribution in [1.29, 1.82) is 5.26 Å². The molecule has 35 heavy (non-hydrogen) atoms. The van der Waals surface area contributed by atoms with E-state index in [4.69, 9.17) is 5.26 Å². The lowest BCUT2D eigenvalue weighted by Gasteiger charge is -2.19. The fourth-order valence-electron chi connectivity index (χ4n) is 4.14. The van der Waals surface area contributed by atoms with E-state index < -0.39 is 48.9 Å². The fraction of sp³-hybridized carbons (Fsp3) is 0.308. The van der Waals surface area contributed by atoms with Crippen molar-refractivity contribution < 1.29 is 23.5 Å². The van der Waals surface area contributed by atoms with E-state index in [1.807, 2.05) is 36.4 Å². The standard InChI is InChI=1S/C26H24F2N4O3/c1-25(2,35)18-6-3-16(4-7-18)17-5-8-22-21(11-17)20(9-10-30-22)24(34)31-14-23(33)32-15-26(27,28)12-19(32)13-29/h3-11,19,35H,12,14-15H2,1-2H3,(H,31,34). The molecule has 0 bridgehead atoms. The van der Waals surface area contributed by atoms with E-state index in [9.17, 15) is 23.5 Å². The Morgan fingerprint density at radius 3 is 2.54 bits per heavy atom. The highest BCUT2D eigenvalue weighted by atomic mass is 19.3. The van der Waals surface area contributed by atoms with Crippen LogP contribution < -0.4 is 5.32 Å². The lowest BCUT2D eigenvalue weighted by molar-refractivity contribution is -0.131. The van der Waals surface area contributed by atoms with E-state index >= 15 is 0 Å². The minimum Gasteiger partial charge on any atom is -0.386 e. The molecule has 4 rings (SSSR count). The number of benzene rings is 2. The fourth-order valence-corrected chi connectivity index (χ4v) is 4.14. The van der Waals surface area contributed by atoms with Crippen LogP contribution in [0.5, 0.6) is 0 Å². The number of amides is 2. The highest BCUT2D eigenvalue weighted by Gasteiger charge is 2.47. The van der Waals surface area contributed by atoms with Gasteiger partial charge in [-0.05, 0) is 48.7 Å². The van der Waals surface area contributed by atoms with Gasteiger partial charge in [-0.3, -0.25) is 14.6 Å². The zero-order valence-electron chi connectivity index (χ0n) is 19.3. The molecule has 0 spiro atoms. The van der Waals surface area contributed by atoms with Crippen LogP contribution in [-0.2, 0) is 10.4 Å². The van der Waals surface area contributed by atoms with Crippen LogP contribution in [0.15, 0.2) is 54.7 Å². The first-order valence-electron chi connectivity index (χ1n) is 11.1. The molecule has 1 unspecified atom stereocenters. The van der Waals surface area contributed by atoms with Crippen molar-refractivity contribution >= 4 is 22.7 Å². The molecule has 1 aliphatic heterocycles. The summed E-state index contributed by atoms with van der Waals surface area (Å²) in [4.78, 5) is 30.4. The average Bonchev–Trinajstić information content (AvgIpc) is 3.15. The van der Waals surface area contributed by atoms with Crippen LogP contribution in [0.3, 0.4) is 0 Å². The molecular formula is C26H24F2N4O3. The zero-order chi connectivity index (χ0) is 25.4. The molecule has 7 nitrogen and oxygen atoms in total. The number of fused-ring (bicyclic) bond motifs is 1. The number of carbonyl (C=O) groups is 2. The van der Waals surface area contributed by atoms with Crippen molar-refractivity contribution in [3.63, 3.8) is 0 Å². The summed E-state index contributed by atoms with van der Waals surface area (Å²) in [5.41, 5.74) is 2.36. The molecule has 180 valence electrons. The molecule has 1 saturated heterocycles. The summed E-state index contributed by atoms with van der Waals surface area (Å²) in [6, 6.07) is 14.9. The number of likely N-dealkylation sites (tertiary alicyclic amines) is 1. The van der Waals surface area contributed by atoms with Gasteiger partial charge < -0.3 is 15.3 Å². The predicted octanol–water partition coefficient (Wildman–Crippen LogP) is 3.62. The molecule has 0 saturated carbocycles. The Bertz CT molecular complexity index is 1330. The number of nitriles is 1. The maximum atomic E-state index is 13.6. The number of aliphatic hydroxyl groups is 1. The Labute approximate surface area is 201 Å². The number of alkyl halides is 2. The van der Waals surface area contributed by atoms with Crippen molar-refractivity contribution in [2.45, 2.75) is 37.8 Å². The van der Waals surface area contributed by atoms with Gasteiger partial charge in [0, 0.05) is 18.0 Å². The number of nitrogens with zero attached hydrogens (tertiary/aromatic N) is 3. The van der Waals surface area contributed by atoms with E-state index in [1.54, 1.807) is 26.0 Å². The number of aromatic nitrogens is 1. The van der Waals surface area contributed by atoms with Gasteiger partial charge in [0.25, 0.3) is 11.8 Å². The molecule has 0 radical (unpaired) electrons. The Balaban J connectivity index is 1.55. The second kappa shape index (κ2) is 9.04. The SMILES string of the molecule is CC(C)(O)c1ccc(-c2ccc3nccc(C(=O)NCC(=O)N4CC(F)(F)CC4C#N)c3c2)cc1. The van der Waals surface area contributed by atoms with Crippen molar-refractivity contribution in [1.82, 2.24) is 15.2 Å². The lowest BCUT2D eigenvalue weighted by Crippen LogP contribution is -2.43. The van der Waals surface area contributed by atoms with E-state index in [2.05, 4.69) is 10.3 Å². The van der Waals surface area contributed by atoms with Crippen molar-refractivity contribution in [2.75, 3.05) is 13.1 Å². The molecule has 1 aliphatic rings. The van der Waals surface area contributed by atoms with E-state index in [1.165, 1.54) is 12.3 Å². The van der Waals surface area contributed by atoms with Gasteiger partial charge in [-0.1, -0.05) is 30.3 Å². The van der Waals surface area contributed by atoms with Gasteiger partial charge in [-0.15, -0.1) is 0 Å². The number of hydrogen-bond donors (Lipinski definition) is 2. The molecule has 2 heterocycles. The first-order chi connectivity index (χ1) is 16.5. The summed E-state index contributed by atoms with van der Waals surface area (Å²) in [5, 5.41) is 22.3. The molecular weight excluding hydrogens is 454 g/mol. The molecule has 1 fully saturated rings. The van der Waals surface area contributed by atoms with Crippen LogP contribution in [0, 0.1) is 11.3 Å². The Morgan fingerprint density at radius 2 is 1.89 bits per heavy atom. The number of pyridine rings is 1. The number of carbonyl (C=O) groups excluding carboxylic acids is 2. The van der Waals surface area contributed by atoms with Crippen LogP contribution in [0.25, 0.3) is 22.0 Å². The lowest BCUT2D eigenvalue weighted by atomic mass is 9.95. The van der Waals surface area contributed by atoms with Gasteiger partial charge in [-0.2, -0.15) is 5.26 Å². The third-order valence-corrected chi connectivity index (χ3v) is 6.05. The smallest absolute Gasteiger partial charge is 0.268 e. The minimum absolute atomic E-state index is 0.279. The van der Waals surface area contributed by atoms with Crippen molar-refractivity contribution in [3.05, 3.63) is 65.9 Å². The largest absolute Gasteiger partial charge is 0.386 e. The predicted molar refractivity (Wildman–Crippen MR) is 125 cm³/mol. The van der Waals surface area contributed by atoms with E-state index in [0.29, 0.717) is 10.9 Å². The van der Waals surface area contributed by atoms with Gasteiger partial charge in [0.15, 0.2) is 0 Å².